The molecule has 3 heterocycles. The summed E-state index contributed by atoms with van der Waals surface area (Å²) < 4.78 is 11.9. The van der Waals surface area contributed by atoms with E-state index >= 15 is 0 Å². The second kappa shape index (κ2) is 9.00. The van der Waals surface area contributed by atoms with E-state index in [0.29, 0.717) is 13.1 Å². The molecule has 0 aliphatic carbocycles. The number of piperidine rings is 1. The predicted octanol–water partition coefficient (Wildman–Crippen LogP) is 3.72. The Bertz CT molecular complexity index is 949. The smallest absolute Gasteiger partial charge is 0.410 e. The van der Waals surface area contributed by atoms with E-state index in [1.54, 1.807) is 16.2 Å². The number of amides is 2. The van der Waals surface area contributed by atoms with Crippen LogP contribution >= 0.6 is 11.3 Å². The van der Waals surface area contributed by atoms with Crippen LogP contribution in [0.25, 0.3) is 10.2 Å². The lowest BCUT2D eigenvalue weighted by molar-refractivity contribution is -0.121. The highest BCUT2D eigenvalue weighted by Gasteiger charge is 2.31. The maximum absolute atomic E-state index is 12.9. The summed E-state index contributed by atoms with van der Waals surface area (Å²) in [6.07, 6.45) is 1.19. The Labute approximate surface area is 186 Å². The summed E-state index contributed by atoms with van der Waals surface area (Å²) >= 11 is 1.63. The second-order valence-electron chi connectivity index (χ2n) is 9.03. The monoisotopic (exact) mass is 446 g/mol. The fourth-order valence-corrected chi connectivity index (χ4v) is 4.86. The fraction of sp³-hybridized carbons (Fsp3) is 0.591. The number of thiazole rings is 1. The minimum absolute atomic E-state index is 0.0643. The third kappa shape index (κ3) is 5.46. The van der Waals surface area contributed by atoms with Crippen LogP contribution in [-0.4, -0.2) is 66.9 Å². The van der Waals surface area contributed by atoms with E-state index < -0.39 is 5.60 Å². The van der Waals surface area contributed by atoms with Crippen LogP contribution in [0.1, 0.15) is 33.6 Å². The molecular weight excluding hydrogens is 416 g/mol. The van der Waals surface area contributed by atoms with Gasteiger partial charge in [-0.25, -0.2) is 9.78 Å². The molecule has 2 aliphatic heterocycles. The van der Waals surface area contributed by atoms with Crippen molar-refractivity contribution in [3.05, 3.63) is 18.2 Å². The third-order valence-corrected chi connectivity index (χ3v) is 6.45. The van der Waals surface area contributed by atoms with E-state index in [-0.39, 0.29) is 17.9 Å². The van der Waals surface area contributed by atoms with Gasteiger partial charge in [0, 0.05) is 31.9 Å². The zero-order chi connectivity index (χ0) is 22.0. The molecule has 2 saturated heterocycles. The van der Waals surface area contributed by atoms with Crippen molar-refractivity contribution in [2.75, 3.05) is 49.6 Å². The van der Waals surface area contributed by atoms with Crippen molar-refractivity contribution in [2.24, 2.45) is 5.92 Å². The summed E-state index contributed by atoms with van der Waals surface area (Å²) in [4.78, 5) is 33.9. The number of aromatic nitrogens is 1. The largest absolute Gasteiger partial charge is 0.444 e. The lowest BCUT2D eigenvalue weighted by Gasteiger charge is -2.33. The number of benzene rings is 1. The minimum atomic E-state index is -0.545. The third-order valence-electron chi connectivity index (χ3n) is 5.37. The highest BCUT2D eigenvalue weighted by Crippen LogP contribution is 2.31. The second-order valence-corrected chi connectivity index (χ2v) is 10.0. The first-order chi connectivity index (χ1) is 14.8. The molecule has 0 saturated carbocycles. The molecule has 1 atom stereocenters. The number of nitrogens with one attached hydrogen (secondary N) is 1. The SMILES string of the molecule is CC(C)(C)OC(=O)N1CCC[C@@H](C(=O)Nc2ccc3nc(N4CCOCC4)sc3c2)C1. The summed E-state index contributed by atoms with van der Waals surface area (Å²) in [5.41, 5.74) is 1.14. The Morgan fingerprint density at radius 1 is 1.23 bits per heavy atom. The number of fused-ring (bicyclic) bond motifs is 1. The van der Waals surface area contributed by atoms with Gasteiger partial charge >= 0.3 is 6.09 Å². The number of anilines is 2. The van der Waals surface area contributed by atoms with Crippen LogP contribution < -0.4 is 10.2 Å². The average Bonchev–Trinajstić information content (AvgIpc) is 3.17. The summed E-state index contributed by atoms with van der Waals surface area (Å²) in [5, 5.41) is 4.02. The van der Waals surface area contributed by atoms with E-state index in [0.717, 1.165) is 60.2 Å². The van der Waals surface area contributed by atoms with Gasteiger partial charge < -0.3 is 24.6 Å². The Morgan fingerprint density at radius 3 is 2.74 bits per heavy atom. The number of carbonyl (C=O) groups excluding carboxylic acids is 2. The van der Waals surface area contributed by atoms with Crippen molar-refractivity contribution in [1.82, 2.24) is 9.88 Å². The van der Waals surface area contributed by atoms with Gasteiger partial charge in [-0.1, -0.05) is 11.3 Å². The van der Waals surface area contributed by atoms with Crippen molar-refractivity contribution in [3.63, 3.8) is 0 Å². The summed E-state index contributed by atoms with van der Waals surface area (Å²) in [7, 11) is 0. The van der Waals surface area contributed by atoms with Crippen molar-refractivity contribution in [3.8, 4) is 0 Å². The molecule has 0 spiro atoms. The zero-order valence-electron chi connectivity index (χ0n) is 18.3. The van der Waals surface area contributed by atoms with Gasteiger partial charge in [-0.3, -0.25) is 4.79 Å². The molecule has 0 unspecified atom stereocenters. The maximum atomic E-state index is 12.9. The zero-order valence-corrected chi connectivity index (χ0v) is 19.2. The summed E-state index contributed by atoms with van der Waals surface area (Å²) in [6, 6.07) is 5.81. The lowest BCUT2D eigenvalue weighted by atomic mass is 9.97. The molecule has 1 aromatic carbocycles. The number of hydrogen-bond acceptors (Lipinski definition) is 7. The highest BCUT2D eigenvalue weighted by molar-refractivity contribution is 7.22. The number of carbonyl (C=O) groups is 2. The molecule has 8 nitrogen and oxygen atoms in total. The van der Waals surface area contributed by atoms with Gasteiger partial charge in [-0.05, 0) is 51.8 Å². The van der Waals surface area contributed by atoms with Crippen LogP contribution in [0.3, 0.4) is 0 Å². The number of ether oxygens (including phenoxy) is 2. The van der Waals surface area contributed by atoms with Crippen LogP contribution in [0, 0.1) is 5.92 Å². The molecule has 1 aromatic heterocycles. The van der Waals surface area contributed by atoms with Crippen molar-refractivity contribution < 1.29 is 19.1 Å². The van der Waals surface area contributed by atoms with Crippen LogP contribution in [0.4, 0.5) is 15.6 Å². The molecule has 4 rings (SSSR count). The molecule has 0 radical (unpaired) electrons. The Hall–Kier alpha value is -2.39. The van der Waals surface area contributed by atoms with Crippen molar-refractivity contribution in [2.45, 2.75) is 39.2 Å². The summed E-state index contributed by atoms with van der Waals surface area (Å²) in [5.74, 6) is -0.312. The normalized spacial score (nSPS) is 20.0. The van der Waals surface area contributed by atoms with Gasteiger partial charge in [0.25, 0.3) is 0 Å². The van der Waals surface area contributed by atoms with E-state index in [1.165, 1.54) is 0 Å². The molecule has 168 valence electrons. The summed E-state index contributed by atoms with van der Waals surface area (Å²) in [6.45, 7) is 9.67. The highest BCUT2D eigenvalue weighted by atomic mass is 32.1. The molecule has 2 aliphatic rings. The van der Waals surface area contributed by atoms with E-state index in [9.17, 15) is 9.59 Å². The van der Waals surface area contributed by atoms with Gasteiger partial charge in [0.1, 0.15) is 5.60 Å². The average molecular weight is 447 g/mol. The number of nitrogens with zero attached hydrogens (tertiary/aromatic N) is 3. The number of morpholine rings is 1. The van der Waals surface area contributed by atoms with E-state index in [4.69, 9.17) is 14.5 Å². The van der Waals surface area contributed by atoms with E-state index in [2.05, 4.69) is 10.2 Å². The van der Waals surface area contributed by atoms with E-state index in [1.807, 2.05) is 39.0 Å². The van der Waals surface area contributed by atoms with Gasteiger partial charge in [-0.2, -0.15) is 0 Å². The Balaban J connectivity index is 1.40. The van der Waals surface area contributed by atoms with Gasteiger partial charge in [0.05, 0.1) is 29.3 Å². The molecule has 2 amide bonds. The standard InChI is InChI=1S/C22H30N4O4S/c1-22(2,3)30-21(28)26-8-4-5-15(14-26)19(27)23-16-6-7-17-18(13-16)31-20(24-17)25-9-11-29-12-10-25/h6-7,13,15H,4-5,8-12,14H2,1-3H3,(H,23,27)/t15-/m1/s1. The van der Waals surface area contributed by atoms with Crippen LogP contribution in [0.5, 0.6) is 0 Å². The number of hydrogen-bond donors (Lipinski definition) is 1. The maximum Gasteiger partial charge on any atom is 0.410 e. The predicted molar refractivity (Wildman–Crippen MR) is 122 cm³/mol. The first kappa shape index (κ1) is 21.8. The van der Waals surface area contributed by atoms with Crippen molar-refractivity contribution in [1.29, 1.82) is 0 Å². The quantitative estimate of drug-likeness (QED) is 0.774. The lowest BCUT2D eigenvalue weighted by Crippen LogP contribution is -2.45. The van der Waals surface area contributed by atoms with Gasteiger partial charge in [-0.15, -0.1) is 0 Å². The molecule has 1 N–H and O–H groups in total. The molecule has 31 heavy (non-hydrogen) atoms. The van der Waals surface area contributed by atoms with Crippen LogP contribution in [0.15, 0.2) is 18.2 Å². The minimum Gasteiger partial charge on any atom is -0.444 e. The van der Waals surface area contributed by atoms with Crippen molar-refractivity contribution >= 4 is 44.4 Å². The topological polar surface area (TPSA) is 84.0 Å². The van der Waals surface area contributed by atoms with Gasteiger partial charge in [0.15, 0.2) is 5.13 Å². The number of rotatable bonds is 3. The van der Waals surface area contributed by atoms with Crippen LogP contribution in [-0.2, 0) is 14.3 Å². The fourth-order valence-electron chi connectivity index (χ4n) is 3.81. The molecule has 9 heteroatoms. The van der Waals surface area contributed by atoms with Gasteiger partial charge in [0.2, 0.25) is 5.91 Å². The Kier molecular flexibility index (Phi) is 6.34. The molecule has 2 aromatic rings. The number of likely N-dealkylation sites (tertiary alicyclic amines) is 1. The van der Waals surface area contributed by atoms with Crippen LogP contribution in [0.2, 0.25) is 0 Å². The molecular formula is C22H30N4O4S. The molecule has 2 fully saturated rings. The first-order valence-corrected chi connectivity index (χ1v) is 11.6. The first-order valence-electron chi connectivity index (χ1n) is 10.8. The molecule has 0 bridgehead atoms. The Morgan fingerprint density at radius 2 is 2.00 bits per heavy atom.